The molecule has 124 valence electrons. The Balaban J connectivity index is 1.68. The van der Waals surface area contributed by atoms with Crippen LogP contribution in [0.3, 0.4) is 0 Å². The number of anilines is 2. The lowest BCUT2D eigenvalue weighted by atomic mass is 10.1. The maximum Gasteiger partial charge on any atom is 0.292 e. The van der Waals surface area contributed by atoms with Crippen LogP contribution >= 0.6 is 0 Å². The molecule has 24 heavy (non-hydrogen) atoms. The summed E-state index contributed by atoms with van der Waals surface area (Å²) in [7, 11) is 0. The molecule has 0 aliphatic heterocycles. The first-order valence-electron chi connectivity index (χ1n) is 7.97. The van der Waals surface area contributed by atoms with Crippen LogP contribution in [0.25, 0.3) is 0 Å². The number of fused-ring (bicyclic) bond motifs is 1. The van der Waals surface area contributed by atoms with Gasteiger partial charge in [-0.1, -0.05) is 18.2 Å². The summed E-state index contributed by atoms with van der Waals surface area (Å²) < 4.78 is 0. The summed E-state index contributed by atoms with van der Waals surface area (Å²) in [6.45, 7) is 1.73. The number of hydrogen-bond donors (Lipinski definition) is 2. The second-order valence-corrected chi connectivity index (χ2v) is 5.97. The molecule has 0 heterocycles. The molecule has 0 saturated heterocycles. The molecule has 1 aliphatic carbocycles. The fraction of sp³-hybridized carbons (Fsp3) is 0.278. The summed E-state index contributed by atoms with van der Waals surface area (Å²) in [5.74, 6) is -0.315. The van der Waals surface area contributed by atoms with Crippen LogP contribution in [0, 0.1) is 10.1 Å². The highest BCUT2D eigenvalue weighted by Gasteiger charge is 2.19. The van der Waals surface area contributed by atoms with E-state index in [0.29, 0.717) is 0 Å². The Morgan fingerprint density at radius 2 is 1.92 bits per heavy atom. The van der Waals surface area contributed by atoms with Crippen molar-refractivity contribution in [2.24, 2.45) is 0 Å². The minimum atomic E-state index is -0.510. The van der Waals surface area contributed by atoms with Gasteiger partial charge in [0, 0.05) is 11.8 Å². The maximum atomic E-state index is 12.3. The first-order chi connectivity index (χ1) is 11.5. The number of hydrogen-bond acceptors (Lipinski definition) is 4. The Bertz CT molecular complexity index is 789. The van der Waals surface area contributed by atoms with Gasteiger partial charge < -0.3 is 10.6 Å². The van der Waals surface area contributed by atoms with E-state index in [4.69, 9.17) is 0 Å². The topological polar surface area (TPSA) is 84.3 Å². The van der Waals surface area contributed by atoms with Gasteiger partial charge in [-0.05, 0) is 55.5 Å². The Hall–Kier alpha value is -2.89. The predicted molar refractivity (Wildman–Crippen MR) is 93.3 cm³/mol. The Morgan fingerprint density at radius 1 is 1.17 bits per heavy atom. The molecule has 6 nitrogen and oxygen atoms in total. The van der Waals surface area contributed by atoms with Crippen molar-refractivity contribution in [2.75, 3.05) is 10.6 Å². The van der Waals surface area contributed by atoms with Gasteiger partial charge in [0.05, 0.1) is 4.92 Å². The number of amides is 1. The summed E-state index contributed by atoms with van der Waals surface area (Å²) in [5.41, 5.74) is 3.68. The third-order valence-corrected chi connectivity index (χ3v) is 4.23. The number of para-hydroxylation sites is 2. The standard InChI is InChI=1S/C18H19N3O3/c1-12(19-15-10-9-13-5-4-6-14(13)11-15)18(22)20-16-7-2-3-8-17(16)21(23)24/h2-3,7-12,19H,4-6H2,1H3,(H,20,22). The first-order valence-corrected chi connectivity index (χ1v) is 7.97. The summed E-state index contributed by atoms with van der Waals surface area (Å²) in [4.78, 5) is 22.8. The van der Waals surface area contributed by atoms with E-state index < -0.39 is 11.0 Å². The smallest absolute Gasteiger partial charge is 0.292 e. The van der Waals surface area contributed by atoms with Gasteiger partial charge in [0.25, 0.3) is 5.69 Å². The molecule has 0 aromatic heterocycles. The quantitative estimate of drug-likeness (QED) is 0.650. The van der Waals surface area contributed by atoms with Crippen LogP contribution in [-0.4, -0.2) is 16.9 Å². The molecule has 2 aromatic carbocycles. The Morgan fingerprint density at radius 3 is 2.71 bits per heavy atom. The van der Waals surface area contributed by atoms with Crippen molar-refractivity contribution in [3.63, 3.8) is 0 Å². The lowest BCUT2D eigenvalue weighted by molar-refractivity contribution is -0.383. The molecule has 3 rings (SSSR count). The van der Waals surface area contributed by atoms with Crippen molar-refractivity contribution in [1.29, 1.82) is 0 Å². The van der Waals surface area contributed by atoms with Crippen molar-refractivity contribution in [2.45, 2.75) is 32.2 Å². The fourth-order valence-corrected chi connectivity index (χ4v) is 2.96. The minimum Gasteiger partial charge on any atom is -0.374 e. The highest BCUT2D eigenvalue weighted by Crippen LogP contribution is 2.26. The predicted octanol–water partition coefficient (Wildman–Crippen LogP) is 3.52. The minimum absolute atomic E-state index is 0.115. The van der Waals surface area contributed by atoms with Crippen LogP contribution in [0.4, 0.5) is 17.1 Å². The average Bonchev–Trinajstić information content (AvgIpc) is 3.02. The molecule has 0 bridgehead atoms. The molecule has 1 amide bonds. The molecule has 0 spiro atoms. The van der Waals surface area contributed by atoms with Gasteiger partial charge in [-0.15, -0.1) is 0 Å². The third kappa shape index (κ3) is 3.37. The largest absolute Gasteiger partial charge is 0.374 e. The number of carbonyl (C=O) groups excluding carboxylic acids is 1. The number of nitrogens with one attached hydrogen (secondary N) is 2. The van der Waals surface area contributed by atoms with Gasteiger partial charge in [0.2, 0.25) is 5.91 Å². The molecular weight excluding hydrogens is 306 g/mol. The van der Waals surface area contributed by atoms with Gasteiger partial charge in [-0.25, -0.2) is 0 Å². The number of aryl methyl sites for hydroxylation is 2. The SMILES string of the molecule is CC(Nc1ccc2c(c1)CCC2)C(=O)Nc1ccccc1[N+](=O)[O-]. The molecule has 1 aliphatic rings. The van der Waals surface area contributed by atoms with E-state index >= 15 is 0 Å². The van der Waals surface area contributed by atoms with Crippen LogP contribution in [0.5, 0.6) is 0 Å². The van der Waals surface area contributed by atoms with E-state index in [1.165, 1.54) is 29.7 Å². The zero-order valence-electron chi connectivity index (χ0n) is 13.4. The van der Waals surface area contributed by atoms with E-state index in [1.54, 1.807) is 19.1 Å². The molecule has 1 atom stereocenters. The summed E-state index contributed by atoms with van der Waals surface area (Å²) in [5, 5.41) is 16.8. The Kier molecular flexibility index (Phi) is 4.46. The summed E-state index contributed by atoms with van der Waals surface area (Å²) in [6.07, 6.45) is 3.36. The van der Waals surface area contributed by atoms with Crippen molar-refractivity contribution in [1.82, 2.24) is 0 Å². The monoisotopic (exact) mass is 325 g/mol. The first kappa shape index (κ1) is 16.0. The molecule has 0 radical (unpaired) electrons. The molecule has 2 N–H and O–H groups in total. The number of rotatable bonds is 5. The zero-order valence-corrected chi connectivity index (χ0v) is 13.4. The maximum absolute atomic E-state index is 12.3. The lowest BCUT2D eigenvalue weighted by Crippen LogP contribution is -2.32. The van der Waals surface area contributed by atoms with Crippen molar-refractivity contribution in [3.8, 4) is 0 Å². The number of nitro groups is 1. The molecule has 0 fully saturated rings. The van der Waals surface area contributed by atoms with Crippen LogP contribution in [0.2, 0.25) is 0 Å². The highest BCUT2D eigenvalue weighted by molar-refractivity contribution is 5.98. The van der Waals surface area contributed by atoms with Crippen LogP contribution in [0.15, 0.2) is 42.5 Å². The van der Waals surface area contributed by atoms with Crippen LogP contribution in [-0.2, 0) is 17.6 Å². The lowest BCUT2D eigenvalue weighted by Gasteiger charge is -2.16. The van der Waals surface area contributed by atoms with E-state index in [-0.39, 0.29) is 17.3 Å². The van der Waals surface area contributed by atoms with Crippen molar-refractivity contribution < 1.29 is 9.72 Å². The molecule has 2 aromatic rings. The van der Waals surface area contributed by atoms with Gasteiger partial charge in [-0.3, -0.25) is 14.9 Å². The second kappa shape index (κ2) is 6.70. The van der Waals surface area contributed by atoms with Crippen molar-refractivity contribution >= 4 is 23.0 Å². The summed E-state index contributed by atoms with van der Waals surface area (Å²) in [6, 6.07) is 11.8. The molecular formula is C18H19N3O3. The van der Waals surface area contributed by atoms with E-state index in [2.05, 4.69) is 22.8 Å². The fourth-order valence-electron chi connectivity index (χ4n) is 2.96. The number of nitrogens with zero attached hydrogens (tertiary/aromatic N) is 1. The molecule has 1 unspecified atom stereocenters. The number of benzene rings is 2. The zero-order chi connectivity index (χ0) is 17.1. The molecule has 0 saturated carbocycles. The van der Waals surface area contributed by atoms with Gasteiger partial charge in [0.1, 0.15) is 11.7 Å². The van der Waals surface area contributed by atoms with E-state index in [0.717, 1.165) is 18.5 Å². The number of nitro benzene ring substituents is 1. The van der Waals surface area contributed by atoms with Gasteiger partial charge in [-0.2, -0.15) is 0 Å². The van der Waals surface area contributed by atoms with Crippen LogP contribution in [0.1, 0.15) is 24.5 Å². The second-order valence-electron chi connectivity index (χ2n) is 5.97. The normalized spacial score (nSPS) is 13.9. The molecule has 6 heteroatoms. The van der Waals surface area contributed by atoms with Gasteiger partial charge in [0.15, 0.2) is 0 Å². The number of carbonyl (C=O) groups is 1. The average molecular weight is 325 g/mol. The van der Waals surface area contributed by atoms with E-state index in [9.17, 15) is 14.9 Å². The van der Waals surface area contributed by atoms with E-state index in [1.807, 2.05) is 6.07 Å². The third-order valence-electron chi connectivity index (χ3n) is 4.23. The van der Waals surface area contributed by atoms with Crippen LogP contribution < -0.4 is 10.6 Å². The Labute approximate surface area is 140 Å². The van der Waals surface area contributed by atoms with Crippen molar-refractivity contribution in [3.05, 3.63) is 63.7 Å². The highest BCUT2D eigenvalue weighted by atomic mass is 16.6. The van der Waals surface area contributed by atoms with Gasteiger partial charge >= 0.3 is 0 Å². The summed E-state index contributed by atoms with van der Waals surface area (Å²) >= 11 is 0.